The molecule has 0 aromatic heterocycles. The third-order valence-corrected chi connectivity index (χ3v) is 6.45. The van der Waals surface area contributed by atoms with Crippen LogP contribution < -0.4 is 0 Å². The van der Waals surface area contributed by atoms with E-state index >= 15 is 0 Å². The number of carboxylic acids is 1. The summed E-state index contributed by atoms with van der Waals surface area (Å²) < 4.78 is 91.2. The number of hydrogen-bond acceptors (Lipinski definition) is 5. The molecule has 2 aliphatic carbocycles. The Morgan fingerprint density at radius 3 is 1.89 bits per heavy atom. The average Bonchev–Trinajstić information content (AvgIpc) is 2.78. The van der Waals surface area contributed by atoms with Crippen LogP contribution in [0.25, 0.3) is 0 Å². The lowest BCUT2D eigenvalue weighted by Crippen LogP contribution is -2.41. The molecule has 0 bridgehead atoms. The van der Waals surface area contributed by atoms with Gasteiger partial charge in [0.15, 0.2) is 0 Å². The van der Waals surface area contributed by atoms with E-state index in [1.807, 2.05) is 0 Å². The summed E-state index contributed by atoms with van der Waals surface area (Å²) in [5.41, 5.74) is 0. The number of carbonyl (C=O) groups excluding carboxylic acids is 1. The maximum absolute atomic E-state index is 12.8. The molecule has 36 heavy (non-hydrogen) atoms. The van der Waals surface area contributed by atoms with Crippen molar-refractivity contribution in [1.29, 1.82) is 0 Å². The van der Waals surface area contributed by atoms with Crippen LogP contribution in [-0.2, 0) is 23.8 Å². The summed E-state index contributed by atoms with van der Waals surface area (Å²) in [6.45, 7) is -0.372. The van der Waals surface area contributed by atoms with E-state index in [9.17, 15) is 35.9 Å². The summed E-state index contributed by atoms with van der Waals surface area (Å²) in [6, 6.07) is 0. The smallest absolute Gasteiger partial charge is 0.389 e. The van der Waals surface area contributed by atoms with E-state index in [1.54, 1.807) is 6.08 Å². The van der Waals surface area contributed by atoms with Gasteiger partial charge in [-0.3, -0.25) is 4.79 Å². The number of carbonyl (C=O) groups is 2. The summed E-state index contributed by atoms with van der Waals surface area (Å²) in [5, 5.41) is 8.73. The van der Waals surface area contributed by atoms with Crippen molar-refractivity contribution in [2.24, 2.45) is 11.8 Å². The van der Waals surface area contributed by atoms with Crippen molar-refractivity contribution in [1.82, 2.24) is 0 Å². The predicted molar refractivity (Wildman–Crippen MR) is 116 cm³/mol. The van der Waals surface area contributed by atoms with Crippen LogP contribution in [-0.4, -0.2) is 60.9 Å². The molecule has 6 nitrogen and oxygen atoms in total. The van der Waals surface area contributed by atoms with Crippen LogP contribution >= 0.6 is 0 Å². The lowest BCUT2D eigenvalue weighted by molar-refractivity contribution is -0.166. The Labute approximate surface area is 206 Å². The number of esters is 1. The minimum absolute atomic E-state index is 0.107. The van der Waals surface area contributed by atoms with Gasteiger partial charge in [-0.15, -0.1) is 0 Å². The highest BCUT2D eigenvalue weighted by molar-refractivity contribution is 5.79. The predicted octanol–water partition coefficient (Wildman–Crippen LogP) is 5.98. The van der Waals surface area contributed by atoms with Gasteiger partial charge in [0.05, 0.1) is 18.1 Å². The monoisotopic (exact) mass is 532 g/mol. The topological polar surface area (TPSA) is 82.1 Å². The molecule has 2 saturated carbocycles. The molecule has 0 amide bonds. The van der Waals surface area contributed by atoms with Crippen LogP contribution in [0, 0.1) is 11.8 Å². The normalized spacial score (nSPS) is 27.8. The van der Waals surface area contributed by atoms with Gasteiger partial charge in [0, 0.05) is 32.1 Å². The summed E-state index contributed by atoms with van der Waals surface area (Å²) in [4.78, 5) is 23.4. The third kappa shape index (κ3) is 12.4. The van der Waals surface area contributed by atoms with Gasteiger partial charge >= 0.3 is 24.3 Å². The molecule has 2 rings (SSSR count). The number of aliphatic carboxylic acids is 1. The van der Waals surface area contributed by atoms with E-state index in [4.69, 9.17) is 19.3 Å². The van der Waals surface area contributed by atoms with Gasteiger partial charge in [0.25, 0.3) is 0 Å². The molecule has 208 valence electrons. The van der Waals surface area contributed by atoms with Gasteiger partial charge in [0.2, 0.25) is 0 Å². The van der Waals surface area contributed by atoms with Crippen LogP contribution in [0.3, 0.4) is 0 Å². The van der Waals surface area contributed by atoms with Gasteiger partial charge < -0.3 is 19.3 Å². The van der Waals surface area contributed by atoms with Crippen LogP contribution in [0.1, 0.15) is 70.6 Å². The maximum atomic E-state index is 12.8. The SMILES string of the molecule is O=C(O)/C=C/C1CCC(OC(=O)C2CCC(OCCCC(F)(F)F)C(OCCCC(F)(F)F)C2)CC1. The molecular formula is C24H34F6O6. The van der Waals surface area contributed by atoms with Crippen molar-refractivity contribution in [2.45, 2.75) is 101 Å². The van der Waals surface area contributed by atoms with E-state index in [0.29, 0.717) is 38.5 Å². The number of ether oxygens (including phenoxy) is 3. The molecule has 0 aromatic carbocycles. The molecule has 0 spiro atoms. The zero-order valence-electron chi connectivity index (χ0n) is 20.0. The quantitative estimate of drug-likeness (QED) is 0.144. The van der Waals surface area contributed by atoms with Crippen LogP contribution in [0.5, 0.6) is 0 Å². The Kier molecular flexibility index (Phi) is 12.0. The van der Waals surface area contributed by atoms with Gasteiger partial charge in [-0.25, -0.2) is 4.79 Å². The molecular weight excluding hydrogens is 498 g/mol. The lowest BCUT2D eigenvalue weighted by atomic mass is 9.84. The first-order valence-electron chi connectivity index (χ1n) is 12.3. The largest absolute Gasteiger partial charge is 0.478 e. The number of allylic oxidation sites excluding steroid dienone is 1. The van der Waals surface area contributed by atoms with Crippen molar-refractivity contribution in [2.75, 3.05) is 13.2 Å². The second-order valence-electron chi connectivity index (χ2n) is 9.44. The Morgan fingerprint density at radius 2 is 1.36 bits per heavy atom. The highest BCUT2D eigenvalue weighted by atomic mass is 19.4. The van der Waals surface area contributed by atoms with Gasteiger partial charge in [0.1, 0.15) is 6.10 Å². The molecule has 12 heteroatoms. The van der Waals surface area contributed by atoms with E-state index in [2.05, 4.69) is 0 Å². The van der Waals surface area contributed by atoms with Crippen molar-refractivity contribution in [3.05, 3.63) is 12.2 Å². The van der Waals surface area contributed by atoms with E-state index in [0.717, 1.165) is 6.08 Å². The van der Waals surface area contributed by atoms with Crippen LogP contribution in [0.15, 0.2) is 12.2 Å². The first-order chi connectivity index (χ1) is 16.8. The van der Waals surface area contributed by atoms with Crippen LogP contribution in [0.4, 0.5) is 26.3 Å². The molecule has 0 heterocycles. The van der Waals surface area contributed by atoms with Gasteiger partial charge in [-0.1, -0.05) is 6.08 Å². The highest BCUT2D eigenvalue weighted by Crippen LogP contribution is 2.33. The van der Waals surface area contributed by atoms with Crippen LogP contribution in [0.2, 0.25) is 0 Å². The minimum Gasteiger partial charge on any atom is -0.478 e. The lowest BCUT2D eigenvalue weighted by Gasteiger charge is -2.36. The average molecular weight is 533 g/mol. The highest BCUT2D eigenvalue weighted by Gasteiger charge is 2.38. The van der Waals surface area contributed by atoms with Crippen molar-refractivity contribution in [3.63, 3.8) is 0 Å². The number of rotatable bonds is 12. The first-order valence-corrected chi connectivity index (χ1v) is 12.3. The third-order valence-electron chi connectivity index (χ3n) is 6.45. The zero-order chi connectivity index (χ0) is 26.8. The Morgan fingerprint density at radius 1 is 0.806 bits per heavy atom. The van der Waals surface area contributed by atoms with E-state index in [1.165, 1.54) is 0 Å². The fourth-order valence-corrected chi connectivity index (χ4v) is 4.57. The number of hydrogen-bond donors (Lipinski definition) is 1. The van der Waals surface area contributed by atoms with Crippen molar-refractivity contribution >= 4 is 11.9 Å². The van der Waals surface area contributed by atoms with Crippen molar-refractivity contribution < 1.29 is 55.2 Å². The molecule has 3 unspecified atom stereocenters. The maximum Gasteiger partial charge on any atom is 0.389 e. The fraction of sp³-hybridized carbons (Fsp3) is 0.833. The number of alkyl halides is 6. The molecule has 2 fully saturated rings. The van der Waals surface area contributed by atoms with E-state index in [-0.39, 0.29) is 44.5 Å². The molecule has 0 aromatic rings. The second kappa shape index (κ2) is 14.2. The summed E-state index contributed by atoms with van der Waals surface area (Å²) in [6.07, 6.45) is -6.61. The Hall–Kier alpha value is -1.82. The molecule has 1 N–H and O–H groups in total. The van der Waals surface area contributed by atoms with Crippen molar-refractivity contribution in [3.8, 4) is 0 Å². The molecule has 0 radical (unpaired) electrons. The second-order valence-corrected chi connectivity index (χ2v) is 9.44. The van der Waals surface area contributed by atoms with E-state index < -0.39 is 55.3 Å². The zero-order valence-corrected chi connectivity index (χ0v) is 20.0. The fourth-order valence-electron chi connectivity index (χ4n) is 4.57. The number of halogens is 6. The molecule has 0 saturated heterocycles. The standard InChI is InChI=1S/C24H34F6O6/c25-23(26,27)11-1-13-34-19-9-6-17(15-20(19)35-14-2-12-24(28,29)30)22(33)36-18-7-3-16(4-8-18)5-10-21(31)32/h5,10,16-20H,1-4,6-9,11-15H2,(H,31,32)/b10-5+. The van der Waals surface area contributed by atoms with Gasteiger partial charge in [-0.05, 0) is 63.7 Å². The molecule has 3 atom stereocenters. The summed E-state index contributed by atoms with van der Waals surface area (Å²) in [5.74, 6) is -1.88. The Balaban J connectivity index is 1.84. The van der Waals surface area contributed by atoms with Gasteiger partial charge in [-0.2, -0.15) is 26.3 Å². The molecule has 2 aliphatic rings. The number of carboxylic acid groups (broad SMARTS) is 1. The summed E-state index contributed by atoms with van der Waals surface area (Å²) in [7, 11) is 0. The molecule has 0 aliphatic heterocycles. The first kappa shape index (κ1) is 30.4. The summed E-state index contributed by atoms with van der Waals surface area (Å²) >= 11 is 0. The minimum atomic E-state index is -4.32. The Bertz CT molecular complexity index is 715.